The predicted octanol–water partition coefficient (Wildman–Crippen LogP) is 4.15. The second-order valence-corrected chi connectivity index (χ2v) is 5.51. The first kappa shape index (κ1) is 20.3. The maximum atomic E-state index is 5.95. The molecule has 0 amide bonds. The van der Waals surface area contributed by atoms with E-state index >= 15 is 0 Å². The van der Waals surface area contributed by atoms with E-state index in [-0.39, 0.29) is 24.0 Å². The van der Waals surface area contributed by atoms with E-state index < -0.39 is 0 Å². The van der Waals surface area contributed by atoms with Crippen LogP contribution in [0, 0.1) is 6.92 Å². The molecule has 0 aliphatic heterocycles. The molecule has 0 atom stereocenters. The highest BCUT2D eigenvalue weighted by Gasteiger charge is 2.03. The van der Waals surface area contributed by atoms with Crippen LogP contribution in [0.5, 0.6) is 5.75 Å². The second-order valence-electron chi connectivity index (χ2n) is 5.51. The summed E-state index contributed by atoms with van der Waals surface area (Å²) in [5.41, 5.74) is 10.6. The first-order valence-electron chi connectivity index (χ1n) is 7.91. The Labute approximate surface area is 161 Å². The number of nitrogens with one attached hydrogen (secondary N) is 1. The standard InChI is InChI=1S/C19H25N3O.HI/c1-4-15-6-8-17(9-7-15)22-19(20)21-12-11-16-13-14(2)5-10-18(16)23-3;/h5-10,13H,4,11-12H2,1-3H3,(H3,20,21,22);1H. The van der Waals surface area contributed by atoms with Crippen molar-refractivity contribution in [3.8, 4) is 5.75 Å². The highest BCUT2D eigenvalue weighted by molar-refractivity contribution is 14.0. The number of guanidine groups is 1. The van der Waals surface area contributed by atoms with Gasteiger partial charge < -0.3 is 15.8 Å². The monoisotopic (exact) mass is 439 g/mol. The zero-order valence-corrected chi connectivity index (χ0v) is 16.8. The molecule has 0 fully saturated rings. The molecule has 0 heterocycles. The number of nitrogens with zero attached hydrogens (tertiary/aromatic N) is 1. The van der Waals surface area contributed by atoms with Crippen LogP contribution in [0.3, 0.4) is 0 Å². The first-order valence-corrected chi connectivity index (χ1v) is 7.91. The van der Waals surface area contributed by atoms with Gasteiger partial charge in [0.25, 0.3) is 0 Å². The number of halogens is 1. The van der Waals surface area contributed by atoms with E-state index in [9.17, 15) is 0 Å². The van der Waals surface area contributed by atoms with E-state index in [1.54, 1.807) is 7.11 Å². The molecule has 0 saturated heterocycles. The van der Waals surface area contributed by atoms with Crippen molar-refractivity contribution >= 4 is 35.6 Å². The number of hydrogen-bond acceptors (Lipinski definition) is 2. The molecule has 2 aromatic carbocycles. The number of nitrogens with two attached hydrogens (primary N) is 1. The Morgan fingerprint density at radius 2 is 1.88 bits per heavy atom. The predicted molar refractivity (Wildman–Crippen MR) is 113 cm³/mol. The highest BCUT2D eigenvalue weighted by atomic mass is 127. The minimum absolute atomic E-state index is 0. The lowest BCUT2D eigenvalue weighted by Crippen LogP contribution is -2.23. The van der Waals surface area contributed by atoms with Crippen LogP contribution in [-0.2, 0) is 12.8 Å². The number of hydrogen-bond donors (Lipinski definition) is 2. The molecule has 0 bridgehead atoms. The Morgan fingerprint density at radius 1 is 1.17 bits per heavy atom. The molecule has 0 unspecified atom stereocenters. The van der Waals surface area contributed by atoms with Crippen LogP contribution in [0.2, 0.25) is 0 Å². The fraction of sp³-hybridized carbons (Fsp3) is 0.316. The van der Waals surface area contributed by atoms with Gasteiger partial charge in [-0.1, -0.05) is 36.8 Å². The van der Waals surface area contributed by atoms with Gasteiger partial charge in [-0.25, -0.2) is 0 Å². The van der Waals surface area contributed by atoms with Crippen molar-refractivity contribution in [3.63, 3.8) is 0 Å². The SMILES string of the molecule is CCc1ccc(NC(N)=NCCc2cc(C)ccc2OC)cc1.I. The summed E-state index contributed by atoms with van der Waals surface area (Å²) in [6.07, 6.45) is 1.82. The number of aliphatic imine (C=N–C) groups is 1. The van der Waals surface area contributed by atoms with E-state index in [1.165, 1.54) is 11.1 Å². The maximum Gasteiger partial charge on any atom is 0.193 e. The Kier molecular flexibility index (Phi) is 8.60. The Hall–Kier alpha value is -1.76. The molecule has 0 aliphatic rings. The molecule has 24 heavy (non-hydrogen) atoms. The summed E-state index contributed by atoms with van der Waals surface area (Å²) in [4.78, 5) is 4.39. The molecular weight excluding hydrogens is 413 g/mol. The van der Waals surface area contributed by atoms with Crippen LogP contribution in [0.15, 0.2) is 47.5 Å². The van der Waals surface area contributed by atoms with Gasteiger partial charge >= 0.3 is 0 Å². The third kappa shape index (κ3) is 6.03. The third-order valence-electron chi connectivity index (χ3n) is 3.73. The third-order valence-corrected chi connectivity index (χ3v) is 3.73. The van der Waals surface area contributed by atoms with E-state index in [0.717, 1.165) is 29.8 Å². The summed E-state index contributed by atoms with van der Waals surface area (Å²) < 4.78 is 5.38. The van der Waals surface area contributed by atoms with Crippen molar-refractivity contribution in [1.29, 1.82) is 0 Å². The van der Waals surface area contributed by atoms with Gasteiger partial charge in [-0.05, 0) is 49.1 Å². The largest absolute Gasteiger partial charge is 0.496 e. The highest BCUT2D eigenvalue weighted by Crippen LogP contribution is 2.20. The fourth-order valence-electron chi connectivity index (χ4n) is 2.41. The quantitative estimate of drug-likeness (QED) is 0.404. The second kappa shape index (κ2) is 10.2. The molecule has 4 nitrogen and oxygen atoms in total. The van der Waals surface area contributed by atoms with E-state index in [0.29, 0.717) is 12.5 Å². The summed E-state index contributed by atoms with van der Waals surface area (Å²) in [7, 11) is 1.69. The number of aryl methyl sites for hydroxylation is 2. The fourth-order valence-corrected chi connectivity index (χ4v) is 2.41. The molecular formula is C19H26IN3O. The molecule has 3 N–H and O–H groups in total. The molecule has 0 saturated carbocycles. The Bertz CT molecular complexity index is 669. The minimum Gasteiger partial charge on any atom is -0.496 e. The average molecular weight is 439 g/mol. The Morgan fingerprint density at radius 3 is 2.50 bits per heavy atom. The van der Waals surface area contributed by atoms with Gasteiger partial charge in [-0.15, -0.1) is 24.0 Å². The molecule has 2 aromatic rings. The number of methoxy groups -OCH3 is 1. The molecule has 0 spiro atoms. The van der Waals surface area contributed by atoms with Gasteiger partial charge in [-0.3, -0.25) is 4.99 Å². The Balaban J connectivity index is 0.00000288. The van der Waals surface area contributed by atoms with E-state index in [2.05, 4.69) is 42.4 Å². The van der Waals surface area contributed by atoms with Gasteiger partial charge in [0.05, 0.1) is 7.11 Å². The number of rotatable bonds is 6. The molecule has 5 heteroatoms. The summed E-state index contributed by atoms with van der Waals surface area (Å²) in [6.45, 7) is 4.83. The van der Waals surface area contributed by atoms with Crippen molar-refractivity contribution in [3.05, 3.63) is 59.2 Å². The topological polar surface area (TPSA) is 59.6 Å². The summed E-state index contributed by atoms with van der Waals surface area (Å²) in [5.74, 6) is 1.33. The van der Waals surface area contributed by atoms with E-state index in [4.69, 9.17) is 10.5 Å². The van der Waals surface area contributed by atoms with Crippen LogP contribution in [0.25, 0.3) is 0 Å². The van der Waals surface area contributed by atoms with Crippen molar-refractivity contribution in [2.24, 2.45) is 10.7 Å². The van der Waals surface area contributed by atoms with Gasteiger partial charge in [0.15, 0.2) is 5.96 Å². The lowest BCUT2D eigenvalue weighted by atomic mass is 10.1. The molecule has 0 aliphatic carbocycles. The van der Waals surface area contributed by atoms with Crippen LogP contribution >= 0.6 is 24.0 Å². The molecule has 0 aromatic heterocycles. The zero-order chi connectivity index (χ0) is 16.7. The minimum atomic E-state index is 0. The summed E-state index contributed by atoms with van der Waals surface area (Å²) >= 11 is 0. The molecule has 130 valence electrons. The number of benzene rings is 2. The van der Waals surface area contributed by atoms with Crippen molar-refractivity contribution in [1.82, 2.24) is 0 Å². The van der Waals surface area contributed by atoms with Crippen molar-refractivity contribution in [2.45, 2.75) is 26.7 Å². The molecule has 0 radical (unpaired) electrons. The van der Waals surface area contributed by atoms with Crippen molar-refractivity contribution in [2.75, 3.05) is 19.0 Å². The van der Waals surface area contributed by atoms with E-state index in [1.807, 2.05) is 24.3 Å². The first-order chi connectivity index (χ1) is 11.1. The lowest BCUT2D eigenvalue weighted by Gasteiger charge is -2.09. The average Bonchev–Trinajstić information content (AvgIpc) is 2.56. The molecule has 2 rings (SSSR count). The summed E-state index contributed by atoms with van der Waals surface area (Å²) in [6, 6.07) is 14.4. The van der Waals surface area contributed by atoms with Crippen LogP contribution in [0.1, 0.15) is 23.6 Å². The van der Waals surface area contributed by atoms with Gasteiger partial charge in [0, 0.05) is 12.2 Å². The zero-order valence-electron chi connectivity index (χ0n) is 14.5. The van der Waals surface area contributed by atoms with Gasteiger partial charge in [-0.2, -0.15) is 0 Å². The number of anilines is 1. The normalized spacial score (nSPS) is 10.9. The number of ether oxygens (including phenoxy) is 1. The van der Waals surface area contributed by atoms with Gasteiger partial charge in [0.1, 0.15) is 5.75 Å². The maximum absolute atomic E-state index is 5.95. The smallest absolute Gasteiger partial charge is 0.193 e. The summed E-state index contributed by atoms with van der Waals surface area (Å²) in [5, 5.41) is 3.12. The van der Waals surface area contributed by atoms with Crippen LogP contribution in [-0.4, -0.2) is 19.6 Å². The van der Waals surface area contributed by atoms with Crippen molar-refractivity contribution < 1.29 is 4.74 Å². The van der Waals surface area contributed by atoms with Crippen LogP contribution < -0.4 is 15.8 Å². The van der Waals surface area contributed by atoms with Crippen LogP contribution in [0.4, 0.5) is 5.69 Å². The lowest BCUT2D eigenvalue weighted by molar-refractivity contribution is 0.409. The van der Waals surface area contributed by atoms with Gasteiger partial charge in [0.2, 0.25) is 0 Å².